The molecule has 0 saturated carbocycles. The average molecular weight is 603 g/mol. The summed E-state index contributed by atoms with van der Waals surface area (Å²) in [7, 11) is 0. The van der Waals surface area contributed by atoms with Crippen molar-refractivity contribution in [3.63, 3.8) is 0 Å². The van der Waals surface area contributed by atoms with Crippen LogP contribution in [0.2, 0.25) is 0 Å². The van der Waals surface area contributed by atoms with Gasteiger partial charge in [-0.05, 0) is 49.9 Å². The fourth-order valence-electron chi connectivity index (χ4n) is 5.48. The van der Waals surface area contributed by atoms with Crippen molar-refractivity contribution in [3.05, 3.63) is 47.0 Å². The molecular formula is C28H28F6N2O6. The minimum atomic E-state index is -5.61. The summed E-state index contributed by atoms with van der Waals surface area (Å²) < 4.78 is 104. The molecule has 14 heteroatoms. The molecule has 3 amide bonds. The van der Waals surface area contributed by atoms with E-state index in [-0.39, 0.29) is 37.7 Å². The van der Waals surface area contributed by atoms with Gasteiger partial charge in [-0.25, -0.2) is 4.79 Å². The fraction of sp³-hybridized carbons (Fsp3) is 0.500. The smallest absolute Gasteiger partial charge is 0.410 e. The fourth-order valence-corrected chi connectivity index (χ4v) is 5.48. The first-order valence-corrected chi connectivity index (χ1v) is 13.3. The summed E-state index contributed by atoms with van der Waals surface area (Å²) in [6, 6.07) is 6.27. The molecule has 1 saturated heterocycles. The lowest BCUT2D eigenvalue weighted by Gasteiger charge is -2.32. The Hall–Kier alpha value is -3.84. The summed E-state index contributed by atoms with van der Waals surface area (Å²) in [5.41, 5.74) is -5.73. The van der Waals surface area contributed by atoms with Gasteiger partial charge < -0.3 is 24.3 Å². The largest absolute Gasteiger partial charge is 0.493 e. The Bertz CT molecular complexity index is 1380. The summed E-state index contributed by atoms with van der Waals surface area (Å²) in [5, 5.41) is 2.71. The Morgan fingerprint density at radius 2 is 1.69 bits per heavy atom. The van der Waals surface area contributed by atoms with Crippen LogP contribution in [0.1, 0.15) is 49.8 Å². The molecule has 3 aliphatic rings. The monoisotopic (exact) mass is 602 g/mol. The van der Waals surface area contributed by atoms with E-state index in [9.17, 15) is 35.9 Å². The Morgan fingerprint density at radius 3 is 2.38 bits per heavy atom. The number of carbonyl (C=O) groups is 2. The first-order chi connectivity index (χ1) is 19.7. The molecule has 0 spiro atoms. The van der Waals surface area contributed by atoms with Crippen molar-refractivity contribution in [1.29, 1.82) is 0 Å². The van der Waals surface area contributed by atoms with Crippen LogP contribution in [0.15, 0.2) is 30.3 Å². The molecule has 3 aliphatic heterocycles. The van der Waals surface area contributed by atoms with Crippen LogP contribution in [-0.2, 0) is 22.2 Å². The molecule has 2 aromatic rings. The van der Waals surface area contributed by atoms with Gasteiger partial charge in [-0.1, -0.05) is 25.5 Å². The Kier molecular flexibility index (Phi) is 7.38. The van der Waals surface area contributed by atoms with E-state index in [1.165, 1.54) is 0 Å². The number of benzene rings is 2. The van der Waals surface area contributed by atoms with Crippen molar-refractivity contribution in [2.24, 2.45) is 0 Å². The lowest BCUT2D eigenvalue weighted by atomic mass is 9.80. The Balaban J connectivity index is 1.23. The lowest BCUT2D eigenvalue weighted by Crippen LogP contribution is -2.55. The number of carbonyl (C=O) groups excluding carboxylic acids is 2. The molecule has 2 aromatic carbocycles. The molecular weight excluding hydrogens is 574 g/mol. The average Bonchev–Trinajstić information content (AvgIpc) is 3.60. The molecule has 1 unspecified atom stereocenters. The second-order valence-electron chi connectivity index (χ2n) is 10.5. The van der Waals surface area contributed by atoms with E-state index in [0.717, 1.165) is 17.0 Å². The van der Waals surface area contributed by atoms with Crippen LogP contribution >= 0.6 is 0 Å². The van der Waals surface area contributed by atoms with Crippen LogP contribution in [-0.4, -0.2) is 55.7 Å². The maximum atomic E-state index is 13.8. The zero-order valence-electron chi connectivity index (χ0n) is 22.7. The molecule has 42 heavy (non-hydrogen) atoms. The number of unbranched alkanes of at least 4 members (excludes halogenated alkanes) is 1. The third-order valence-corrected chi connectivity index (χ3v) is 7.84. The number of hydrogen-bond donors (Lipinski definition) is 1. The minimum Gasteiger partial charge on any atom is -0.493 e. The summed E-state index contributed by atoms with van der Waals surface area (Å²) in [5.74, 6) is 0.222. The van der Waals surface area contributed by atoms with E-state index < -0.39 is 53.2 Å². The Morgan fingerprint density at radius 1 is 0.976 bits per heavy atom. The van der Waals surface area contributed by atoms with Crippen LogP contribution < -0.4 is 24.3 Å². The van der Waals surface area contributed by atoms with E-state index >= 15 is 0 Å². The van der Waals surface area contributed by atoms with Crippen LogP contribution in [0.25, 0.3) is 0 Å². The summed E-state index contributed by atoms with van der Waals surface area (Å²) in [6.07, 6.45) is -9.97. The predicted molar refractivity (Wildman–Crippen MR) is 135 cm³/mol. The van der Waals surface area contributed by atoms with Crippen molar-refractivity contribution in [2.75, 3.05) is 26.6 Å². The minimum absolute atomic E-state index is 0.0439. The zero-order chi connectivity index (χ0) is 30.5. The molecule has 1 atom stereocenters. The summed E-state index contributed by atoms with van der Waals surface area (Å²) in [4.78, 5) is 26.9. The SMILES string of the molecule is CCCc1c(OCCCCN2C(=O)NC(C)(c3ccc4c(c3)OCO4)C2=O)ccc2c1OCC2(C(F)(F)F)C(F)(F)F. The van der Waals surface area contributed by atoms with Gasteiger partial charge in [0.25, 0.3) is 5.91 Å². The van der Waals surface area contributed by atoms with E-state index in [1.54, 1.807) is 32.0 Å². The van der Waals surface area contributed by atoms with Gasteiger partial charge in [0.2, 0.25) is 12.2 Å². The summed E-state index contributed by atoms with van der Waals surface area (Å²) >= 11 is 0. The number of amides is 3. The van der Waals surface area contributed by atoms with Crippen LogP contribution in [0.5, 0.6) is 23.0 Å². The molecule has 5 rings (SSSR count). The maximum Gasteiger partial charge on any atom is 0.410 e. The van der Waals surface area contributed by atoms with Gasteiger partial charge >= 0.3 is 18.4 Å². The third-order valence-electron chi connectivity index (χ3n) is 7.84. The highest BCUT2D eigenvalue weighted by Gasteiger charge is 2.75. The summed E-state index contributed by atoms with van der Waals surface area (Å²) in [6.45, 7) is 1.90. The highest BCUT2D eigenvalue weighted by atomic mass is 19.4. The molecule has 0 aliphatic carbocycles. The molecule has 1 N–H and O–H groups in total. The van der Waals surface area contributed by atoms with E-state index in [0.29, 0.717) is 36.3 Å². The number of nitrogens with one attached hydrogen (secondary N) is 1. The topological polar surface area (TPSA) is 86.3 Å². The number of fused-ring (bicyclic) bond motifs is 2. The number of halogens is 6. The molecule has 8 nitrogen and oxygen atoms in total. The first kappa shape index (κ1) is 29.6. The molecule has 1 fully saturated rings. The van der Waals surface area contributed by atoms with E-state index in [4.69, 9.17) is 18.9 Å². The van der Waals surface area contributed by atoms with Crippen molar-refractivity contribution in [3.8, 4) is 23.0 Å². The number of imide groups is 1. The number of hydrogen-bond acceptors (Lipinski definition) is 6. The molecule has 3 heterocycles. The van der Waals surface area contributed by atoms with Crippen molar-refractivity contribution >= 4 is 11.9 Å². The van der Waals surface area contributed by atoms with Gasteiger partial charge in [-0.2, -0.15) is 26.3 Å². The molecule has 0 bridgehead atoms. The molecule has 228 valence electrons. The number of rotatable bonds is 9. The second kappa shape index (κ2) is 10.5. The van der Waals surface area contributed by atoms with Crippen molar-refractivity contribution < 1.29 is 54.9 Å². The number of alkyl halides is 6. The van der Waals surface area contributed by atoms with Gasteiger partial charge in [0, 0.05) is 17.7 Å². The normalized spacial score (nSPS) is 20.9. The van der Waals surface area contributed by atoms with Crippen LogP contribution in [0, 0.1) is 0 Å². The maximum absolute atomic E-state index is 13.8. The number of ether oxygens (including phenoxy) is 4. The quantitative estimate of drug-likeness (QED) is 0.224. The second-order valence-corrected chi connectivity index (χ2v) is 10.5. The van der Waals surface area contributed by atoms with Crippen molar-refractivity contribution in [1.82, 2.24) is 10.2 Å². The molecule has 0 radical (unpaired) electrons. The van der Waals surface area contributed by atoms with Gasteiger partial charge in [0.1, 0.15) is 23.6 Å². The highest BCUT2D eigenvalue weighted by molar-refractivity contribution is 6.07. The van der Waals surface area contributed by atoms with E-state index in [1.807, 2.05) is 0 Å². The third kappa shape index (κ3) is 4.64. The standard InChI is InChI=1S/C28H28F6N2O6/c1-3-6-17-19(10-8-18-22(17)40-14-26(18,27(29,30)31)28(32,33)34)39-12-5-4-11-36-23(37)25(2,35-24(36)38)16-7-9-20-21(13-16)42-15-41-20/h7-10,13H,3-6,11-12,14-15H2,1-2H3,(H,35,38). The van der Waals surface area contributed by atoms with Crippen LogP contribution in [0.3, 0.4) is 0 Å². The van der Waals surface area contributed by atoms with Gasteiger partial charge in [0.05, 0.1) is 6.61 Å². The van der Waals surface area contributed by atoms with Gasteiger partial charge in [-0.15, -0.1) is 0 Å². The van der Waals surface area contributed by atoms with Crippen LogP contribution in [0.4, 0.5) is 31.1 Å². The number of urea groups is 1. The van der Waals surface area contributed by atoms with Gasteiger partial charge in [0.15, 0.2) is 11.5 Å². The molecule has 0 aromatic heterocycles. The van der Waals surface area contributed by atoms with Crippen molar-refractivity contribution in [2.45, 2.75) is 62.8 Å². The zero-order valence-corrected chi connectivity index (χ0v) is 22.7. The predicted octanol–water partition coefficient (Wildman–Crippen LogP) is 5.75. The Labute approximate surface area is 236 Å². The van der Waals surface area contributed by atoms with Gasteiger partial charge in [-0.3, -0.25) is 9.69 Å². The first-order valence-electron chi connectivity index (χ1n) is 13.3. The lowest BCUT2D eigenvalue weighted by molar-refractivity contribution is -0.303. The highest BCUT2D eigenvalue weighted by Crippen LogP contribution is 2.59. The van der Waals surface area contributed by atoms with E-state index in [2.05, 4.69) is 5.32 Å². The number of nitrogens with zero attached hydrogens (tertiary/aromatic N) is 1.